The standard InChI is InChI=1S/C17H16FN3O4S/c1-10(22)19-7-12-9-21(17(23)25-12)11-2-4-14(15(18)6-11)16-5-3-13(26-16)8-20-24/h2-6,8,12,24H,7,9H2,1H3,(H,19,22)/t12-/m0/s1. The van der Waals surface area contributed by atoms with Crippen molar-refractivity contribution in [1.82, 2.24) is 5.32 Å². The van der Waals surface area contributed by atoms with Crippen LogP contribution in [-0.2, 0) is 9.53 Å². The Kier molecular flexibility index (Phi) is 5.17. The molecule has 0 unspecified atom stereocenters. The van der Waals surface area contributed by atoms with Crippen LogP contribution in [0.3, 0.4) is 0 Å². The Morgan fingerprint density at radius 1 is 1.50 bits per heavy atom. The molecule has 7 nitrogen and oxygen atoms in total. The molecule has 2 aromatic rings. The maximum atomic E-state index is 14.6. The van der Waals surface area contributed by atoms with E-state index in [1.54, 1.807) is 24.3 Å². The maximum absolute atomic E-state index is 14.6. The molecule has 136 valence electrons. The smallest absolute Gasteiger partial charge is 0.414 e. The first kappa shape index (κ1) is 17.9. The van der Waals surface area contributed by atoms with Gasteiger partial charge in [0.15, 0.2) is 0 Å². The summed E-state index contributed by atoms with van der Waals surface area (Å²) in [6.07, 6.45) is 0.215. The maximum Gasteiger partial charge on any atom is 0.414 e. The number of rotatable bonds is 5. The zero-order valence-electron chi connectivity index (χ0n) is 13.8. The Morgan fingerprint density at radius 2 is 2.31 bits per heavy atom. The van der Waals surface area contributed by atoms with Crippen molar-refractivity contribution < 1.29 is 23.9 Å². The summed E-state index contributed by atoms with van der Waals surface area (Å²) in [5, 5.41) is 14.1. The molecule has 0 spiro atoms. The summed E-state index contributed by atoms with van der Waals surface area (Å²) in [5.74, 6) is -0.689. The van der Waals surface area contributed by atoms with Gasteiger partial charge in [-0.2, -0.15) is 0 Å². The molecule has 1 atom stereocenters. The van der Waals surface area contributed by atoms with Crippen LogP contribution in [0.15, 0.2) is 35.5 Å². The van der Waals surface area contributed by atoms with Crippen LogP contribution in [-0.4, -0.2) is 42.6 Å². The number of anilines is 1. The summed E-state index contributed by atoms with van der Waals surface area (Å²) in [4.78, 5) is 25.7. The predicted octanol–water partition coefficient (Wildman–Crippen LogP) is 2.82. The SMILES string of the molecule is CC(=O)NC[C@H]1CN(c2ccc(-c3ccc(C=NO)s3)c(F)c2)C(=O)O1. The molecule has 2 N–H and O–H groups in total. The fraction of sp³-hybridized carbons (Fsp3) is 0.235. The highest BCUT2D eigenvalue weighted by Crippen LogP contribution is 2.32. The quantitative estimate of drug-likeness (QED) is 0.476. The zero-order chi connectivity index (χ0) is 18.7. The highest BCUT2D eigenvalue weighted by molar-refractivity contribution is 7.17. The average molecular weight is 377 g/mol. The third-order valence-electron chi connectivity index (χ3n) is 3.79. The van der Waals surface area contributed by atoms with Gasteiger partial charge >= 0.3 is 6.09 Å². The lowest BCUT2D eigenvalue weighted by atomic mass is 10.1. The van der Waals surface area contributed by atoms with Gasteiger partial charge in [0.05, 0.1) is 25.0 Å². The fourth-order valence-corrected chi connectivity index (χ4v) is 3.49. The lowest BCUT2D eigenvalue weighted by molar-refractivity contribution is -0.119. The van der Waals surface area contributed by atoms with E-state index in [2.05, 4.69) is 10.5 Å². The van der Waals surface area contributed by atoms with Crippen LogP contribution in [0.2, 0.25) is 0 Å². The largest absolute Gasteiger partial charge is 0.442 e. The lowest BCUT2D eigenvalue weighted by Gasteiger charge is -2.14. The van der Waals surface area contributed by atoms with E-state index in [1.807, 2.05) is 0 Å². The van der Waals surface area contributed by atoms with E-state index in [-0.39, 0.29) is 19.0 Å². The molecule has 0 bridgehead atoms. The Morgan fingerprint density at radius 3 is 3.00 bits per heavy atom. The van der Waals surface area contributed by atoms with E-state index in [9.17, 15) is 14.0 Å². The Hall–Kier alpha value is -2.94. The minimum Gasteiger partial charge on any atom is -0.442 e. The number of amides is 2. The monoisotopic (exact) mass is 377 g/mol. The average Bonchev–Trinajstić information content (AvgIpc) is 3.20. The summed E-state index contributed by atoms with van der Waals surface area (Å²) < 4.78 is 19.7. The Bertz CT molecular complexity index is 867. The van der Waals surface area contributed by atoms with Crippen molar-refractivity contribution in [1.29, 1.82) is 0 Å². The highest BCUT2D eigenvalue weighted by atomic mass is 32.1. The van der Waals surface area contributed by atoms with Crippen molar-refractivity contribution in [2.24, 2.45) is 5.16 Å². The van der Waals surface area contributed by atoms with Gasteiger partial charge in [0, 0.05) is 22.2 Å². The van der Waals surface area contributed by atoms with Gasteiger partial charge in [0.2, 0.25) is 5.91 Å². The van der Waals surface area contributed by atoms with Gasteiger partial charge in [-0.05, 0) is 30.3 Å². The first-order valence-electron chi connectivity index (χ1n) is 7.77. The van der Waals surface area contributed by atoms with Crippen LogP contribution < -0.4 is 10.2 Å². The van der Waals surface area contributed by atoms with Gasteiger partial charge in [0.25, 0.3) is 0 Å². The number of cyclic esters (lactones) is 1. The molecule has 26 heavy (non-hydrogen) atoms. The number of carbonyl (C=O) groups excluding carboxylic acids is 2. The number of benzene rings is 1. The molecular weight excluding hydrogens is 361 g/mol. The van der Waals surface area contributed by atoms with E-state index in [1.165, 1.54) is 35.4 Å². The van der Waals surface area contributed by atoms with Gasteiger partial charge in [-0.25, -0.2) is 9.18 Å². The minimum atomic E-state index is -0.579. The fourth-order valence-electron chi connectivity index (χ4n) is 2.59. The number of carbonyl (C=O) groups is 2. The van der Waals surface area contributed by atoms with E-state index in [0.29, 0.717) is 21.0 Å². The molecule has 0 saturated carbocycles. The normalized spacial score (nSPS) is 16.9. The van der Waals surface area contributed by atoms with Crippen molar-refractivity contribution >= 4 is 35.2 Å². The zero-order valence-corrected chi connectivity index (χ0v) is 14.6. The van der Waals surface area contributed by atoms with Crippen LogP contribution in [0, 0.1) is 5.82 Å². The summed E-state index contributed by atoms with van der Waals surface area (Å²) in [6, 6.07) is 7.95. The van der Waals surface area contributed by atoms with Gasteiger partial charge in [-0.15, -0.1) is 11.3 Å². The Balaban J connectivity index is 1.76. The third-order valence-corrected chi connectivity index (χ3v) is 4.85. The van der Waals surface area contributed by atoms with E-state index in [0.717, 1.165) is 0 Å². The van der Waals surface area contributed by atoms with Crippen LogP contribution in [0.5, 0.6) is 0 Å². The number of halogens is 1. The molecule has 1 aliphatic heterocycles. The molecule has 0 aliphatic carbocycles. The summed E-state index contributed by atoms with van der Waals surface area (Å²) in [5.41, 5.74) is 0.772. The number of oxime groups is 1. The van der Waals surface area contributed by atoms with E-state index >= 15 is 0 Å². The number of nitrogens with zero attached hydrogens (tertiary/aromatic N) is 2. The molecule has 1 saturated heterocycles. The number of thiophene rings is 1. The Labute approximate surface area is 152 Å². The van der Waals surface area contributed by atoms with Gasteiger partial charge in [0.1, 0.15) is 11.9 Å². The van der Waals surface area contributed by atoms with Crippen molar-refractivity contribution in [2.45, 2.75) is 13.0 Å². The van der Waals surface area contributed by atoms with Crippen molar-refractivity contribution in [3.05, 3.63) is 41.0 Å². The summed E-state index contributed by atoms with van der Waals surface area (Å²) in [7, 11) is 0. The van der Waals surface area contributed by atoms with E-state index in [4.69, 9.17) is 9.94 Å². The number of nitrogens with one attached hydrogen (secondary N) is 1. The first-order chi connectivity index (χ1) is 12.5. The molecular formula is C17H16FN3O4S. The van der Waals surface area contributed by atoms with Gasteiger partial charge < -0.3 is 15.3 Å². The van der Waals surface area contributed by atoms with Crippen LogP contribution in [0.1, 0.15) is 11.8 Å². The third kappa shape index (κ3) is 3.83. The van der Waals surface area contributed by atoms with Gasteiger partial charge in [-0.1, -0.05) is 5.16 Å². The summed E-state index contributed by atoms with van der Waals surface area (Å²) >= 11 is 1.28. The predicted molar refractivity (Wildman–Crippen MR) is 95.4 cm³/mol. The molecule has 2 heterocycles. The van der Waals surface area contributed by atoms with Crippen LogP contribution in [0.25, 0.3) is 10.4 Å². The molecule has 0 radical (unpaired) electrons. The summed E-state index contributed by atoms with van der Waals surface area (Å²) in [6.45, 7) is 1.82. The van der Waals surface area contributed by atoms with Crippen LogP contribution >= 0.6 is 11.3 Å². The highest BCUT2D eigenvalue weighted by Gasteiger charge is 2.32. The van der Waals surface area contributed by atoms with Crippen molar-refractivity contribution in [3.63, 3.8) is 0 Å². The second kappa shape index (κ2) is 7.52. The molecule has 1 aromatic heterocycles. The minimum absolute atomic E-state index is 0.211. The molecule has 3 rings (SSSR count). The second-order valence-corrected chi connectivity index (χ2v) is 6.78. The second-order valence-electron chi connectivity index (χ2n) is 5.66. The topological polar surface area (TPSA) is 91.2 Å². The van der Waals surface area contributed by atoms with Crippen molar-refractivity contribution in [2.75, 3.05) is 18.0 Å². The van der Waals surface area contributed by atoms with E-state index < -0.39 is 18.0 Å². The van der Waals surface area contributed by atoms with Crippen molar-refractivity contribution in [3.8, 4) is 10.4 Å². The molecule has 2 amide bonds. The number of hydrogen-bond acceptors (Lipinski definition) is 6. The molecule has 1 fully saturated rings. The molecule has 1 aliphatic rings. The van der Waals surface area contributed by atoms with Crippen LogP contribution in [0.4, 0.5) is 14.9 Å². The molecule has 9 heteroatoms. The first-order valence-corrected chi connectivity index (χ1v) is 8.59. The molecule has 1 aromatic carbocycles. The number of hydrogen-bond donors (Lipinski definition) is 2. The lowest BCUT2D eigenvalue weighted by Crippen LogP contribution is -2.33. The number of ether oxygens (including phenoxy) is 1. The van der Waals surface area contributed by atoms with Gasteiger partial charge in [-0.3, -0.25) is 9.69 Å².